The molecule has 6 heteroatoms. The quantitative estimate of drug-likeness (QED) is 0.764. The second-order valence-electron chi connectivity index (χ2n) is 5.07. The molecule has 0 atom stereocenters. The minimum absolute atomic E-state index is 0.0185. The molecule has 0 spiro atoms. The second-order valence-corrected chi connectivity index (χ2v) is 5.07. The van der Waals surface area contributed by atoms with Crippen molar-refractivity contribution in [2.24, 2.45) is 0 Å². The van der Waals surface area contributed by atoms with E-state index in [2.05, 4.69) is 10.6 Å². The second kappa shape index (κ2) is 8.01. The molecule has 0 aromatic heterocycles. The normalized spacial score (nSPS) is 9.96. The van der Waals surface area contributed by atoms with Crippen molar-refractivity contribution < 1.29 is 19.1 Å². The summed E-state index contributed by atoms with van der Waals surface area (Å²) in [7, 11) is 3.08. The zero-order valence-corrected chi connectivity index (χ0v) is 13.9. The maximum absolute atomic E-state index is 12.2. The summed E-state index contributed by atoms with van der Waals surface area (Å²) in [5, 5.41) is 5.74. The van der Waals surface area contributed by atoms with E-state index in [0.717, 1.165) is 0 Å². The number of carbonyl (C=O) groups excluding carboxylic acids is 2. The molecule has 0 saturated carbocycles. The molecule has 126 valence electrons. The lowest BCUT2D eigenvalue weighted by atomic mass is 10.1. The molecule has 0 unspecified atom stereocenters. The van der Waals surface area contributed by atoms with Gasteiger partial charge in [0.15, 0.2) is 5.78 Å². The Morgan fingerprint density at radius 1 is 1.00 bits per heavy atom. The first kappa shape index (κ1) is 17.3. The Morgan fingerprint density at radius 2 is 1.75 bits per heavy atom. The molecule has 0 heterocycles. The minimum Gasteiger partial charge on any atom is -0.497 e. The lowest BCUT2D eigenvalue weighted by Crippen LogP contribution is -2.22. The highest BCUT2D eigenvalue weighted by Gasteiger charge is 2.11. The van der Waals surface area contributed by atoms with Crippen LogP contribution < -0.4 is 20.1 Å². The van der Waals surface area contributed by atoms with Gasteiger partial charge in [0.05, 0.1) is 26.5 Å². The summed E-state index contributed by atoms with van der Waals surface area (Å²) in [5.41, 5.74) is 1.69. The van der Waals surface area contributed by atoms with Gasteiger partial charge in [-0.05, 0) is 31.2 Å². The lowest BCUT2D eigenvalue weighted by molar-refractivity contribution is -0.114. The minimum atomic E-state index is -0.264. The summed E-state index contributed by atoms with van der Waals surface area (Å²) in [6.45, 7) is 1.51. The van der Waals surface area contributed by atoms with Crippen molar-refractivity contribution in [3.8, 4) is 11.5 Å². The van der Waals surface area contributed by atoms with E-state index in [9.17, 15) is 9.59 Å². The van der Waals surface area contributed by atoms with Gasteiger partial charge in [-0.15, -0.1) is 0 Å². The van der Waals surface area contributed by atoms with E-state index in [-0.39, 0.29) is 18.2 Å². The highest BCUT2D eigenvalue weighted by atomic mass is 16.5. The molecule has 0 bridgehead atoms. The number of amides is 1. The highest BCUT2D eigenvalue weighted by molar-refractivity contribution is 6.01. The molecule has 1 amide bonds. The Morgan fingerprint density at radius 3 is 2.42 bits per heavy atom. The predicted molar refractivity (Wildman–Crippen MR) is 93.1 cm³/mol. The standard InChI is InChI=1S/C18H20N2O4/c1-12(21)14-6-4-5-7-15(14)19-11-18(22)20-16-10-13(23-2)8-9-17(16)24-3/h4-10,19H,11H2,1-3H3,(H,20,22). The predicted octanol–water partition coefficient (Wildman–Crippen LogP) is 2.96. The fourth-order valence-corrected chi connectivity index (χ4v) is 2.23. The number of hydrogen-bond donors (Lipinski definition) is 2. The van der Waals surface area contributed by atoms with Gasteiger partial charge in [0.1, 0.15) is 11.5 Å². The van der Waals surface area contributed by atoms with Gasteiger partial charge in [0.25, 0.3) is 0 Å². The van der Waals surface area contributed by atoms with E-state index >= 15 is 0 Å². The molecule has 0 fully saturated rings. The molecule has 6 nitrogen and oxygen atoms in total. The molecule has 2 aromatic carbocycles. The molecule has 0 aliphatic rings. The number of benzene rings is 2. The number of nitrogens with one attached hydrogen (secondary N) is 2. The lowest BCUT2D eigenvalue weighted by Gasteiger charge is -2.13. The van der Waals surface area contributed by atoms with Crippen molar-refractivity contribution >= 4 is 23.1 Å². The molecule has 0 aliphatic heterocycles. The van der Waals surface area contributed by atoms with E-state index in [0.29, 0.717) is 28.4 Å². The first-order valence-corrected chi connectivity index (χ1v) is 7.41. The van der Waals surface area contributed by atoms with Gasteiger partial charge >= 0.3 is 0 Å². The van der Waals surface area contributed by atoms with Crippen molar-refractivity contribution in [2.75, 3.05) is 31.4 Å². The van der Waals surface area contributed by atoms with Crippen LogP contribution in [0, 0.1) is 0 Å². The molecule has 2 aromatic rings. The van der Waals surface area contributed by atoms with Crippen LogP contribution in [0.1, 0.15) is 17.3 Å². The third kappa shape index (κ3) is 4.25. The number of Topliss-reactive ketones (excluding diaryl/α,β-unsaturated/α-hetero) is 1. The number of ketones is 1. The van der Waals surface area contributed by atoms with Crippen molar-refractivity contribution in [3.63, 3.8) is 0 Å². The van der Waals surface area contributed by atoms with E-state index in [1.807, 2.05) is 0 Å². The van der Waals surface area contributed by atoms with Crippen LogP contribution in [-0.4, -0.2) is 32.5 Å². The van der Waals surface area contributed by atoms with Crippen LogP contribution in [0.3, 0.4) is 0 Å². The number of rotatable bonds is 7. The number of hydrogen-bond acceptors (Lipinski definition) is 5. The van der Waals surface area contributed by atoms with Gasteiger partial charge in [-0.1, -0.05) is 12.1 Å². The Balaban J connectivity index is 2.06. The van der Waals surface area contributed by atoms with Crippen LogP contribution in [0.25, 0.3) is 0 Å². The Hall–Kier alpha value is -3.02. The van der Waals surface area contributed by atoms with Crippen LogP contribution in [0.2, 0.25) is 0 Å². The Bertz CT molecular complexity index is 744. The van der Waals surface area contributed by atoms with E-state index in [4.69, 9.17) is 9.47 Å². The summed E-state index contributed by atoms with van der Waals surface area (Å²) in [5.74, 6) is 0.821. The number of ether oxygens (including phenoxy) is 2. The van der Waals surface area contributed by atoms with E-state index in [1.165, 1.54) is 14.0 Å². The molecule has 24 heavy (non-hydrogen) atoms. The Labute approximate surface area is 140 Å². The van der Waals surface area contributed by atoms with Crippen LogP contribution in [0.5, 0.6) is 11.5 Å². The smallest absolute Gasteiger partial charge is 0.243 e. The molecule has 2 rings (SSSR count). The molecule has 0 saturated heterocycles. The number of para-hydroxylation sites is 1. The Kier molecular flexibility index (Phi) is 5.78. The van der Waals surface area contributed by atoms with Gasteiger partial charge in [-0.25, -0.2) is 0 Å². The number of methoxy groups -OCH3 is 2. The van der Waals surface area contributed by atoms with Crippen LogP contribution in [0.4, 0.5) is 11.4 Å². The third-order valence-electron chi connectivity index (χ3n) is 3.43. The fourth-order valence-electron chi connectivity index (χ4n) is 2.23. The van der Waals surface area contributed by atoms with Gasteiger partial charge < -0.3 is 20.1 Å². The number of anilines is 2. The summed E-state index contributed by atoms with van der Waals surface area (Å²) >= 11 is 0. The maximum atomic E-state index is 12.2. The van der Waals surface area contributed by atoms with Crippen molar-refractivity contribution in [1.29, 1.82) is 0 Å². The van der Waals surface area contributed by atoms with Gasteiger partial charge in [-0.3, -0.25) is 9.59 Å². The maximum Gasteiger partial charge on any atom is 0.243 e. The topological polar surface area (TPSA) is 76.7 Å². The average molecular weight is 328 g/mol. The highest BCUT2D eigenvalue weighted by Crippen LogP contribution is 2.28. The summed E-state index contributed by atoms with van der Waals surface area (Å²) in [6.07, 6.45) is 0. The molecule has 2 N–H and O–H groups in total. The molecule has 0 radical (unpaired) electrons. The molecule has 0 aliphatic carbocycles. The largest absolute Gasteiger partial charge is 0.497 e. The van der Waals surface area contributed by atoms with Crippen molar-refractivity contribution in [3.05, 3.63) is 48.0 Å². The van der Waals surface area contributed by atoms with Gasteiger partial charge in [-0.2, -0.15) is 0 Å². The zero-order valence-electron chi connectivity index (χ0n) is 13.9. The van der Waals surface area contributed by atoms with Gasteiger partial charge in [0.2, 0.25) is 5.91 Å². The van der Waals surface area contributed by atoms with E-state index in [1.54, 1.807) is 49.6 Å². The SMILES string of the molecule is COc1ccc(OC)c(NC(=O)CNc2ccccc2C(C)=O)c1. The zero-order chi connectivity index (χ0) is 17.5. The first-order chi connectivity index (χ1) is 11.5. The van der Waals surface area contributed by atoms with Crippen molar-refractivity contribution in [2.45, 2.75) is 6.92 Å². The monoisotopic (exact) mass is 328 g/mol. The first-order valence-electron chi connectivity index (χ1n) is 7.41. The van der Waals surface area contributed by atoms with Crippen LogP contribution in [0.15, 0.2) is 42.5 Å². The molecular formula is C18H20N2O4. The fraction of sp³-hybridized carbons (Fsp3) is 0.222. The van der Waals surface area contributed by atoms with Gasteiger partial charge in [0, 0.05) is 17.3 Å². The summed E-state index contributed by atoms with van der Waals surface area (Å²) in [4.78, 5) is 23.8. The summed E-state index contributed by atoms with van der Waals surface area (Å²) < 4.78 is 10.4. The van der Waals surface area contributed by atoms with Crippen LogP contribution >= 0.6 is 0 Å². The van der Waals surface area contributed by atoms with Crippen molar-refractivity contribution in [1.82, 2.24) is 0 Å². The third-order valence-corrected chi connectivity index (χ3v) is 3.43. The molecular weight excluding hydrogens is 308 g/mol. The van der Waals surface area contributed by atoms with Crippen LogP contribution in [-0.2, 0) is 4.79 Å². The van der Waals surface area contributed by atoms with E-state index < -0.39 is 0 Å². The summed E-state index contributed by atoms with van der Waals surface area (Å²) in [6, 6.07) is 12.2. The number of carbonyl (C=O) groups is 2. The average Bonchev–Trinajstić information content (AvgIpc) is 2.60.